The molecular formula is C10H13N3O2S. The van der Waals surface area contributed by atoms with E-state index in [0.717, 1.165) is 4.88 Å². The van der Waals surface area contributed by atoms with Gasteiger partial charge < -0.3 is 16.4 Å². The van der Waals surface area contributed by atoms with E-state index in [-0.39, 0.29) is 17.9 Å². The highest BCUT2D eigenvalue weighted by atomic mass is 32.1. The second-order valence-electron chi connectivity index (χ2n) is 3.71. The van der Waals surface area contributed by atoms with E-state index in [1.54, 1.807) is 0 Å². The Balaban J connectivity index is 1.91. The first kappa shape index (κ1) is 11.1. The maximum atomic E-state index is 11.7. The maximum Gasteiger partial charge on any atom is 0.242 e. The zero-order chi connectivity index (χ0) is 11.5. The summed E-state index contributed by atoms with van der Waals surface area (Å²) in [6, 6.07) is 2.91. The molecule has 0 spiro atoms. The summed E-state index contributed by atoms with van der Waals surface area (Å²) in [4.78, 5) is 23.5. The fourth-order valence-corrected chi connectivity index (χ4v) is 2.32. The maximum absolute atomic E-state index is 11.7. The van der Waals surface area contributed by atoms with Crippen LogP contribution < -0.4 is 16.4 Å². The van der Waals surface area contributed by atoms with E-state index in [2.05, 4.69) is 10.6 Å². The van der Waals surface area contributed by atoms with Crippen molar-refractivity contribution < 1.29 is 9.59 Å². The molecule has 0 aromatic carbocycles. The van der Waals surface area contributed by atoms with Crippen molar-refractivity contribution in [1.82, 2.24) is 10.6 Å². The molecule has 1 aromatic rings. The number of carbonyl (C=O) groups is 2. The molecule has 1 aliphatic rings. The highest BCUT2D eigenvalue weighted by Gasteiger charge is 2.25. The Hall–Kier alpha value is -1.40. The average molecular weight is 239 g/mol. The van der Waals surface area contributed by atoms with Gasteiger partial charge in [-0.3, -0.25) is 9.59 Å². The molecule has 1 aromatic heterocycles. The average Bonchev–Trinajstić information content (AvgIpc) is 2.88. The number of thiophene rings is 1. The van der Waals surface area contributed by atoms with Gasteiger partial charge in [-0.05, 0) is 11.4 Å². The zero-order valence-corrected chi connectivity index (χ0v) is 9.42. The molecule has 2 rings (SSSR count). The summed E-state index contributed by atoms with van der Waals surface area (Å²) in [5.41, 5.74) is 5.79. The molecular weight excluding hydrogens is 226 g/mol. The normalized spacial score (nSPS) is 21.6. The van der Waals surface area contributed by atoms with Gasteiger partial charge in [0.15, 0.2) is 0 Å². The van der Waals surface area contributed by atoms with Crippen molar-refractivity contribution in [3.05, 3.63) is 22.4 Å². The van der Waals surface area contributed by atoms with Crippen molar-refractivity contribution in [3.63, 3.8) is 0 Å². The van der Waals surface area contributed by atoms with Gasteiger partial charge in [-0.25, -0.2) is 0 Å². The fraction of sp³-hybridized carbons (Fsp3) is 0.400. The minimum absolute atomic E-state index is 0.0324. The zero-order valence-electron chi connectivity index (χ0n) is 8.60. The molecule has 2 atom stereocenters. The summed E-state index contributed by atoms with van der Waals surface area (Å²) in [6.45, 7) is 0.488. The molecule has 1 fully saturated rings. The molecule has 16 heavy (non-hydrogen) atoms. The summed E-state index contributed by atoms with van der Waals surface area (Å²) in [7, 11) is 0. The van der Waals surface area contributed by atoms with Gasteiger partial charge in [-0.2, -0.15) is 0 Å². The van der Waals surface area contributed by atoms with Crippen molar-refractivity contribution in [2.24, 2.45) is 5.73 Å². The van der Waals surface area contributed by atoms with Gasteiger partial charge in [-0.1, -0.05) is 6.07 Å². The van der Waals surface area contributed by atoms with Gasteiger partial charge in [0.25, 0.3) is 0 Å². The lowest BCUT2D eigenvalue weighted by Crippen LogP contribution is -2.41. The molecule has 2 amide bonds. The molecule has 2 heterocycles. The molecule has 0 saturated carbocycles. The predicted octanol–water partition coefficient (Wildman–Crippen LogP) is -0.247. The van der Waals surface area contributed by atoms with Gasteiger partial charge in [0.05, 0.1) is 6.04 Å². The van der Waals surface area contributed by atoms with Crippen LogP contribution in [0.25, 0.3) is 0 Å². The van der Waals surface area contributed by atoms with Crippen LogP contribution in [0.3, 0.4) is 0 Å². The first-order valence-corrected chi connectivity index (χ1v) is 5.91. The monoisotopic (exact) mass is 239 g/mol. The summed E-state index contributed by atoms with van der Waals surface area (Å²) in [5, 5.41) is 7.29. The first-order chi connectivity index (χ1) is 7.66. The fourth-order valence-electron chi connectivity index (χ4n) is 1.60. The van der Waals surface area contributed by atoms with Crippen LogP contribution in [-0.4, -0.2) is 24.4 Å². The van der Waals surface area contributed by atoms with E-state index >= 15 is 0 Å². The third-order valence-corrected chi connectivity index (χ3v) is 3.41. The molecule has 6 heteroatoms. The Kier molecular flexibility index (Phi) is 3.21. The van der Waals surface area contributed by atoms with Crippen LogP contribution in [0.1, 0.15) is 17.3 Å². The van der Waals surface area contributed by atoms with Crippen LogP contribution in [-0.2, 0) is 9.59 Å². The standard InChI is InChI=1S/C10H13N3O2S/c11-9(7-2-1-3-16-7)10(15)13-6-4-8(14)12-5-6/h1-3,6,9H,4-5,11H2,(H,12,14)(H,13,15). The first-order valence-electron chi connectivity index (χ1n) is 5.03. The smallest absolute Gasteiger partial charge is 0.242 e. The Labute approximate surface area is 97.0 Å². The Morgan fingerprint density at radius 2 is 2.50 bits per heavy atom. The van der Waals surface area contributed by atoms with Crippen molar-refractivity contribution in [2.75, 3.05) is 6.54 Å². The molecule has 0 radical (unpaired) electrons. The van der Waals surface area contributed by atoms with Crippen LogP contribution in [0.2, 0.25) is 0 Å². The lowest BCUT2D eigenvalue weighted by molar-refractivity contribution is -0.123. The van der Waals surface area contributed by atoms with Gasteiger partial charge in [0.2, 0.25) is 11.8 Å². The molecule has 0 bridgehead atoms. The van der Waals surface area contributed by atoms with E-state index < -0.39 is 6.04 Å². The quantitative estimate of drug-likeness (QED) is 0.680. The minimum atomic E-state index is -0.643. The Morgan fingerprint density at radius 1 is 1.69 bits per heavy atom. The number of nitrogens with two attached hydrogens (primary N) is 1. The number of hydrogen-bond acceptors (Lipinski definition) is 4. The summed E-state index contributed by atoms with van der Waals surface area (Å²) in [6.07, 6.45) is 0.336. The van der Waals surface area contributed by atoms with Gasteiger partial charge >= 0.3 is 0 Å². The molecule has 2 unspecified atom stereocenters. The van der Waals surface area contributed by atoms with E-state index in [9.17, 15) is 9.59 Å². The van der Waals surface area contributed by atoms with Gasteiger partial charge in [0, 0.05) is 17.8 Å². The number of carbonyl (C=O) groups excluding carboxylic acids is 2. The topological polar surface area (TPSA) is 84.2 Å². The lowest BCUT2D eigenvalue weighted by Gasteiger charge is -2.14. The molecule has 4 N–H and O–H groups in total. The number of amides is 2. The number of rotatable bonds is 3. The second-order valence-corrected chi connectivity index (χ2v) is 4.69. The van der Waals surface area contributed by atoms with Crippen molar-refractivity contribution in [2.45, 2.75) is 18.5 Å². The summed E-state index contributed by atoms with van der Waals surface area (Å²) < 4.78 is 0. The van der Waals surface area contributed by atoms with Gasteiger partial charge in [-0.15, -0.1) is 11.3 Å². The van der Waals surface area contributed by atoms with Crippen LogP contribution in [0.15, 0.2) is 17.5 Å². The highest BCUT2D eigenvalue weighted by molar-refractivity contribution is 7.10. The summed E-state index contributed by atoms with van der Waals surface area (Å²) in [5.74, 6) is -0.265. The van der Waals surface area contributed by atoms with Crippen molar-refractivity contribution >= 4 is 23.2 Å². The van der Waals surface area contributed by atoms with E-state index in [4.69, 9.17) is 5.73 Å². The van der Waals surface area contributed by atoms with Crippen LogP contribution in [0.4, 0.5) is 0 Å². The molecule has 1 saturated heterocycles. The predicted molar refractivity (Wildman–Crippen MR) is 60.8 cm³/mol. The Bertz CT molecular complexity index is 391. The number of nitrogens with one attached hydrogen (secondary N) is 2. The third-order valence-electron chi connectivity index (χ3n) is 2.46. The van der Waals surface area contributed by atoms with E-state index in [1.807, 2.05) is 17.5 Å². The van der Waals surface area contributed by atoms with Gasteiger partial charge in [0.1, 0.15) is 6.04 Å². The van der Waals surface area contributed by atoms with Crippen LogP contribution in [0.5, 0.6) is 0 Å². The SMILES string of the molecule is NC(C(=O)NC1CNC(=O)C1)c1cccs1. The van der Waals surface area contributed by atoms with Crippen molar-refractivity contribution in [3.8, 4) is 0 Å². The van der Waals surface area contributed by atoms with Crippen molar-refractivity contribution in [1.29, 1.82) is 0 Å². The largest absolute Gasteiger partial charge is 0.354 e. The molecule has 0 aliphatic carbocycles. The van der Waals surface area contributed by atoms with E-state index in [1.165, 1.54) is 11.3 Å². The molecule has 86 valence electrons. The molecule has 1 aliphatic heterocycles. The Morgan fingerprint density at radius 3 is 3.06 bits per heavy atom. The van der Waals surface area contributed by atoms with Crippen LogP contribution in [0, 0.1) is 0 Å². The lowest BCUT2D eigenvalue weighted by atomic mass is 10.2. The van der Waals surface area contributed by atoms with Crippen LogP contribution >= 0.6 is 11.3 Å². The van der Waals surface area contributed by atoms with E-state index in [0.29, 0.717) is 13.0 Å². The summed E-state index contributed by atoms with van der Waals surface area (Å²) >= 11 is 1.45. The second kappa shape index (κ2) is 4.63. The number of hydrogen-bond donors (Lipinski definition) is 3. The molecule has 5 nitrogen and oxygen atoms in total. The minimum Gasteiger partial charge on any atom is -0.354 e. The highest BCUT2D eigenvalue weighted by Crippen LogP contribution is 2.17. The third kappa shape index (κ3) is 2.40.